The molecule has 0 unspecified atom stereocenters. The Morgan fingerprint density at radius 1 is 0.967 bits per heavy atom. The van der Waals surface area contributed by atoms with Gasteiger partial charge in [-0.1, -0.05) is 30.3 Å². The minimum Gasteiger partial charge on any atom is -0.331 e. The molecular formula is C22H25N5O2S. The van der Waals surface area contributed by atoms with Crippen LogP contribution in [-0.4, -0.2) is 27.7 Å². The van der Waals surface area contributed by atoms with Gasteiger partial charge >= 0.3 is 0 Å². The van der Waals surface area contributed by atoms with Crippen molar-refractivity contribution in [3.05, 3.63) is 71.3 Å². The summed E-state index contributed by atoms with van der Waals surface area (Å²) in [5.41, 5.74) is 4.65. The van der Waals surface area contributed by atoms with Crippen LogP contribution in [0.25, 0.3) is 11.0 Å². The normalized spacial score (nSPS) is 11.9. The van der Waals surface area contributed by atoms with Crippen molar-refractivity contribution in [2.45, 2.75) is 31.6 Å². The van der Waals surface area contributed by atoms with E-state index in [0.29, 0.717) is 29.9 Å². The highest BCUT2D eigenvalue weighted by Crippen LogP contribution is 2.25. The number of nitrogens with zero attached hydrogens (tertiary/aromatic N) is 4. The highest BCUT2D eigenvalue weighted by molar-refractivity contribution is 7.92. The Labute approximate surface area is 176 Å². The number of nitrogens with one attached hydrogen (secondary N) is 1. The van der Waals surface area contributed by atoms with Crippen LogP contribution in [-0.2, 0) is 37.0 Å². The third-order valence-electron chi connectivity index (χ3n) is 5.47. The zero-order valence-corrected chi connectivity index (χ0v) is 18.4. The van der Waals surface area contributed by atoms with Crippen LogP contribution in [0.15, 0.2) is 53.4 Å². The molecule has 0 aliphatic carbocycles. The number of para-hydroxylation sites is 3. The second-order valence-corrected chi connectivity index (χ2v) is 9.08. The Bertz CT molecular complexity index is 1340. The van der Waals surface area contributed by atoms with Gasteiger partial charge in [-0.2, -0.15) is 5.10 Å². The van der Waals surface area contributed by atoms with E-state index in [9.17, 15) is 8.42 Å². The average Bonchev–Trinajstić information content (AvgIpc) is 3.16. The van der Waals surface area contributed by atoms with Crippen molar-refractivity contribution in [1.82, 2.24) is 19.3 Å². The standard InChI is InChI=1S/C22H25N5O2S/c1-15-22(16(2)27(4)24-15)30(28,29)25-18-10-6-5-9-17(18)13-14-21-23-19-11-7-8-12-20(19)26(21)3/h5-12,25H,13-14H2,1-4H3. The van der Waals surface area contributed by atoms with E-state index in [0.717, 1.165) is 22.4 Å². The van der Waals surface area contributed by atoms with Crippen LogP contribution in [0.2, 0.25) is 0 Å². The van der Waals surface area contributed by atoms with E-state index in [2.05, 4.69) is 14.4 Å². The maximum Gasteiger partial charge on any atom is 0.265 e. The summed E-state index contributed by atoms with van der Waals surface area (Å²) < 4.78 is 32.6. The second kappa shape index (κ2) is 7.60. The lowest BCUT2D eigenvalue weighted by molar-refractivity contribution is 0.599. The van der Waals surface area contributed by atoms with Gasteiger partial charge in [-0.05, 0) is 44.0 Å². The van der Waals surface area contributed by atoms with Gasteiger partial charge in [0.15, 0.2) is 0 Å². The van der Waals surface area contributed by atoms with Crippen LogP contribution in [0.5, 0.6) is 0 Å². The lowest BCUT2D eigenvalue weighted by Gasteiger charge is -2.13. The molecule has 2 heterocycles. The van der Waals surface area contributed by atoms with Gasteiger partial charge in [0.2, 0.25) is 0 Å². The molecule has 2 aromatic heterocycles. The Morgan fingerprint density at radius 2 is 1.67 bits per heavy atom. The van der Waals surface area contributed by atoms with Crippen LogP contribution in [0.3, 0.4) is 0 Å². The van der Waals surface area contributed by atoms with E-state index in [1.165, 1.54) is 0 Å². The molecule has 0 radical (unpaired) electrons. The molecule has 4 aromatic rings. The number of hydrogen-bond donors (Lipinski definition) is 1. The topological polar surface area (TPSA) is 81.8 Å². The minimum atomic E-state index is -3.74. The van der Waals surface area contributed by atoms with Gasteiger partial charge in [-0.3, -0.25) is 9.40 Å². The van der Waals surface area contributed by atoms with Crippen LogP contribution < -0.4 is 4.72 Å². The summed E-state index contributed by atoms with van der Waals surface area (Å²) in [5, 5.41) is 4.23. The zero-order valence-electron chi connectivity index (χ0n) is 17.5. The first kappa shape index (κ1) is 20.2. The molecule has 0 spiro atoms. The summed E-state index contributed by atoms with van der Waals surface area (Å²) in [6, 6.07) is 15.5. The molecular weight excluding hydrogens is 398 g/mol. The fourth-order valence-electron chi connectivity index (χ4n) is 3.84. The summed E-state index contributed by atoms with van der Waals surface area (Å²) in [5.74, 6) is 0.966. The lowest BCUT2D eigenvalue weighted by atomic mass is 10.1. The number of anilines is 1. The van der Waals surface area contributed by atoms with Crippen molar-refractivity contribution in [2.75, 3.05) is 4.72 Å². The molecule has 0 saturated heterocycles. The maximum absolute atomic E-state index is 13.1. The first-order valence-corrected chi connectivity index (χ1v) is 11.3. The lowest BCUT2D eigenvalue weighted by Crippen LogP contribution is -2.16. The molecule has 0 fully saturated rings. The number of imidazole rings is 1. The summed E-state index contributed by atoms with van der Waals surface area (Å²) in [6.45, 7) is 3.46. The Morgan fingerprint density at radius 3 is 2.37 bits per heavy atom. The molecule has 1 N–H and O–H groups in total. The van der Waals surface area contributed by atoms with Crippen LogP contribution in [0.1, 0.15) is 22.8 Å². The van der Waals surface area contributed by atoms with Crippen molar-refractivity contribution >= 4 is 26.7 Å². The summed E-state index contributed by atoms with van der Waals surface area (Å²) in [4.78, 5) is 4.95. The fraction of sp³-hybridized carbons (Fsp3) is 0.273. The SMILES string of the molecule is Cc1nn(C)c(C)c1S(=O)(=O)Nc1ccccc1CCc1nc2ccccc2n1C. The number of hydrogen-bond acceptors (Lipinski definition) is 4. The fourth-order valence-corrected chi connectivity index (χ4v) is 5.38. The van der Waals surface area contributed by atoms with E-state index in [1.807, 2.05) is 49.5 Å². The number of aryl methyl sites for hydroxylation is 5. The molecule has 0 saturated carbocycles. The van der Waals surface area contributed by atoms with Gasteiger partial charge in [0, 0.05) is 20.5 Å². The molecule has 8 heteroatoms. The van der Waals surface area contributed by atoms with E-state index in [-0.39, 0.29) is 4.90 Å². The molecule has 2 aromatic carbocycles. The average molecular weight is 424 g/mol. The van der Waals surface area contributed by atoms with Crippen molar-refractivity contribution < 1.29 is 8.42 Å². The van der Waals surface area contributed by atoms with Crippen molar-refractivity contribution in [2.24, 2.45) is 14.1 Å². The first-order chi connectivity index (χ1) is 14.3. The quantitative estimate of drug-likeness (QED) is 0.515. The zero-order chi connectivity index (χ0) is 21.5. The summed E-state index contributed by atoms with van der Waals surface area (Å²) in [6.07, 6.45) is 1.37. The molecule has 7 nitrogen and oxygen atoms in total. The number of benzene rings is 2. The molecule has 0 bridgehead atoms. The smallest absolute Gasteiger partial charge is 0.265 e. The molecule has 30 heavy (non-hydrogen) atoms. The third kappa shape index (κ3) is 3.59. The number of fused-ring (bicyclic) bond motifs is 1. The van der Waals surface area contributed by atoms with Crippen molar-refractivity contribution in [3.8, 4) is 0 Å². The minimum absolute atomic E-state index is 0.232. The highest BCUT2D eigenvalue weighted by Gasteiger charge is 2.24. The van der Waals surface area contributed by atoms with E-state index < -0.39 is 10.0 Å². The van der Waals surface area contributed by atoms with Gasteiger partial charge in [-0.25, -0.2) is 13.4 Å². The van der Waals surface area contributed by atoms with Crippen LogP contribution in [0, 0.1) is 13.8 Å². The predicted molar refractivity (Wildman–Crippen MR) is 118 cm³/mol. The highest BCUT2D eigenvalue weighted by atomic mass is 32.2. The molecule has 0 atom stereocenters. The molecule has 4 rings (SSSR count). The van der Waals surface area contributed by atoms with E-state index in [4.69, 9.17) is 4.98 Å². The molecule has 0 amide bonds. The Balaban J connectivity index is 1.60. The Hall–Kier alpha value is -3.13. The number of sulfonamides is 1. The summed E-state index contributed by atoms with van der Waals surface area (Å²) >= 11 is 0. The van der Waals surface area contributed by atoms with Gasteiger partial charge in [-0.15, -0.1) is 0 Å². The number of aromatic nitrogens is 4. The van der Waals surface area contributed by atoms with Crippen molar-refractivity contribution in [3.63, 3.8) is 0 Å². The predicted octanol–water partition coefficient (Wildman–Crippen LogP) is 3.51. The largest absolute Gasteiger partial charge is 0.331 e. The Kier molecular flexibility index (Phi) is 5.11. The maximum atomic E-state index is 13.1. The van der Waals surface area contributed by atoms with Crippen LogP contribution >= 0.6 is 0 Å². The van der Waals surface area contributed by atoms with Gasteiger partial charge in [0.05, 0.1) is 28.1 Å². The summed E-state index contributed by atoms with van der Waals surface area (Å²) in [7, 11) is 0.00725. The van der Waals surface area contributed by atoms with Gasteiger partial charge in [0.1, 0.15) is 10.7 Å². The van der Waals surface area contributed by atoms with Crippen molar-refractivity contribution in [1.29, 1.82) is 0 Å². The molecule has 156 valence electrons. The van der Waals surface area contributed by atoms with E-state index in [1.54, 1.807) is 31.6 Å². The molecule has 0 aliphatic rings. The number of rotatable bonds is 6. The second-order valence-electron chi connectivity index (χ2n) is 7.46. The monoisotopic (exact) mass is 423 g/mol. The third-order valence-corrected chi connectivity index (χ3v) is 7.09. The van der Waals surface area contributed by atoms with Gasteiger partial charge in [0.25, 0.3) is 10.0 Å². The van der Waals surface area contributed by atoms with Crippen LogP contribution in [0.4, 0.5) is 5.69 Å². The van der Waals surface area contributed by atoms with E-state index >= 15 is 0 Å². The first-order valence-electron chi connectivity index (χ1n) is 9.79. The van der Waals surface area contributed by atoms with Gasteiger partial charge < -0.3 is 4.57 Å². The molecule has 0 aliphatic heterocycles.